The van der Waals surface area contributed by atoms with Crippen LogP contribution in [0.1, 0.15) is 0 Å². The van der Waals surface area contributed by atoms with Crippen molar-refractivity contribution < 1.29 is 0 Å². The Labute approximate surface area is 290 Å². The molecule has 2 heteroatoms. The van der Waals surface area contributed by atoms with E-state index in [1.54, 1.807) is 0 Å². The summed E-state index contributed by atoms with van der Waals surface area (Å²) in [5.74, 6) is 0. The van der Waals surface area contributed by atoms with Crippen molar-refractivity contribution in [3.05, 3.63) is 194 Å². The number of para-hydroxylation sites is 2. The van der Waals surface area contributed by atoms with Crippen LogP contribution in [0.3, 0.4) is 0 Å². The molecule has 0 unspecified atom stereocenters. The van der Waals surface area contributed by atoms with Crippen molar-refractivity contribution in [3.63, 3.8) is 0 Å². The molecule has 0 radical (unpaired) electrons. The third-order valence-corrected chi connectivity index (χ3v) is 10.1. The lowest BCUT2D eigenvalue weighted by Gasteiger charge is -2.14. The molecular weight excluding hydrogens is 605 g/mol. The van der Waals surface area contributed by atoms with Crippen LogP contribution in [0.15, 0.2) is 194 Å². The second-order valence-corrected chi connectivity index (χ2v) is 13.0. The molecule has 0 saturated carbocycles. The van der Waals surface area contributed by atoms with Gasteiger partial charge in [0.2, 0.25) is 0 Å². The Balaban J connectivity index is 1.21. The van der Waals surface area contributed by atoms with E-state index in [9.17, 15) is 0 Å². The van der Waals surface area contributed by atoms with E-state index < -0.39 is 0 Å². The number of hydrogen-bond acceptors (Lipinski definition) is 0. The van der Waals surface area contributed by atoms with E-state index in [1.807, 2.05) is 0 Å². The average molecular weight is 637 g/mol. The highest BCUT2D eigenvalue weighted by Crippen LogP contribution is 2.41. The SMILES string of the molecule is c1ccc(-c2ccc(-n3c4ccccc4c4cc5c6ccccc6n(-c6cccc(-c7ccccc7-c7ccccc7)c6)c5cc43)cc2)cc1. The third-order valence-electron chi connectivity index (χ3n) is 10.1. The molecule has 0 spiro atoms. The molecule has 0 bridgehead atoms. The van der Waals surface area contributed by atoms with Crippen LogP contribution in [0.4, 0.5) is 0 Å². The van der Waals surface area contributed by atoms with Gasteiger partial charge in [-0.25, -0.2) is 0 Å². The van der Waals surface area contributed by atoms with Gasteiger partial charge in [0.15, 0.2) is 0 Å². The van der Waals surface area contributed by atoms with Crippen LogP contribution in [-0.4, -0.2) is 9.13 Å². The minimum atomic E-state index is 1.14. The Morgan fingerprint density at radius 1 is 0.240 bits per heavy atom. The van der Waals surface area contributed by atoms with E-state index in [4.69, 9.17) is 0 Å². The summed E-state index contributed by atoms with van der Waals surface area (Å²) < 4.78 is 4.87. The largest absolute Gasteiger partial charge is 0.309 e. The molecule has 2 nitrogen and oxygen atoms in total. The molecule has 0 fully saturated rings. The first kappa shape index (κ1) is 28.4. The predicted molar refractivity (Wildman–Crippen MR) is 211 cm³/mol. The summed E-state index contributed by atoms with van der Waals surface area (Å²) >= 11 is 0. The molecule has 0 amide bonds. The zero-order chi connectivity index (χ0) is 33.0. The summed E-state index contributed by atoms with van der Waals surface area (Å²) in [6, 6.07) is 70.4. The molecule has 234 valence electrons. The minimum Gasteiger partial charge on any atom is -0.309 e. The van der Waals surface area contributed by atoms with Crippen molar-refractivity contribution >= 4 is 43.6 Å². The number of aromatic nitrogens is 2. The zero-order valence-electron chi connectivity index (χ0n) is 27.4. The molecule has 0 aliphatic heterocycles. The molecule has 0 aliphatic carbocycles. The summed E-state index contributed by atoms with van der Waals surface area (Å²) in [6.07, 6.45) is 0. The fourth-order valence-electron chi connectivity index (χ4n) is 7.84. The van der Waals surface area contributed by atoms with Crippen molar-refractivity contribution in [1.29, 1.82) is 0 Å². The van der Waals surface area contributed by atoms with Gasteiger partial charge >= 0.3 is 0 Å². The van der Waals surface area contributed by atoms with Gasteiger partial charge in [-0.2, -0.15) is 0 Å². The van der Waals surface area contributed by atoms with Gasteiger partial charge in [0, 0.05) is 32.9 Å². The molecule has 10 rings (SSSR count). The number of hydrogen-bond donors (Lipinski definition) is 0. The van der Waals surface area contributed by atoms with Crippen molar-refractivity contribution in [3.8, 4) is 44.8 Å². The summed E-state index contributed by atoms with van der Waals surface area (Å²) in [5.41, 5.74) is 14.4. The van der Waals surface area contributed by atoms with Crippen LogP contribution in [-0.2, 0) is 0 Å². The van der Waals surface area contributed by atoms with Gasteiger partial charge in [-0.1, -0.05) is 146 Å². The highest BCUT2D eigenvalue weighted by Gasteiger charge is 2.19. The molecule has 2 heterocycles. The van der Waals surface area contributed by atoms with Gasteiger partial charge < -0.3 is 9.13 Å². The topological polar surface area (TPSA) is 9.86 Å². The number of rotatable bonds is 5. The standard InChI is InChI=1S/C48H32N2/c1-3-14-33(15-4-1)34-26-28-37(29-27-34)49-45-24-11-9-22-41(45)43-31-44-42-23-10-12-25-46(42)50(48(44)32-47(43)49)38-19-13-18-36(30-38)40-21-8-7-20-39(40)35-16-5-2-6-17-35/h1-32H. The predicted octanol–water partition coefficient (Wildman–Crippen LogP) is 12.9. The van der Waals surface area contributed by atoms with E-state index in [1.165, 1.54) is 77.0 Å². The van der Waals surface area contributed by atoms with Gasteiger partial charge in [0.25, 0.3) is 0 Å². The summed E-state index contributed by atoms with van der Waals surface area (Å²) in [5, 5.41) is 5.02. The Kier molecular flexibility index (Phi) is 6.53. The quantitative estimate of drug-likeness (QED) is 0.178. The Bertz CT molecular complexity index is 2840. The maximum Gasteiger partial charge on any atom is 0.0562 e. The summed E-state index contributed by atoms with van der Waals surface area (Å²) in [7, 11) is 0. The second kappa shape index (κ2) is 11.5. The van der Waals surface area contributed by atoms with E-state index >= 15 is 0 Å². The summed E-state index contributed by atoms with van der Waals surface area (Å²) in [4.78, 5) is 0. The third kappa shape index (κ3) is 4.50. The Morgan fingerprint density at radius 2 is 0.720 bits per heavy atom. The molecule has 8 aromatic carbocycles. The van der Waals surface area contributed by atoms with E-state index in [-0.39, 0.29) is 0 Å². The van der Waals surface area contributed by atoms with Crippen LogP contribution in [0.25, 0.3) is 88.4 Å². The lowest BCUT2D eigenvalue weighted by atomic mass is 9.94. The molecule has 0 aliphatic rings. The highest BCUT2D eigenvalue weighted by atomic mass is 15.0. The number of benzene rings is 8. The molecule has 50 heavy (non-hydrogen) atoms. The van der Waals surface area contributed by atoms with Crippen molar-refractivity contribution in [2.45, 2.75) is 0 Å². The second-order valence-electron chi connectivity index (χ2n) is 13.0. The molecule has 0 N–H and O–H groups in total. The molecule has 10 aromatic rings. The van der Waals surface area contributed by atoms with Gasteiger partial charge in [-0.15, -0.1) is 0 Å². The fraction of sp³-hybridized carbons (Fsp3) is 0. The van der Waals surface area contributed by atoms with E-state index in [0.29, 0.717) is 0 Å². The number of fused-ring (bicyclic) bond motifs is 6. The van der Waals surface area contributed by atoms with Crippen LogP contribution in [0.2, 0.25) is 0 Å². The van der Waals surface area contributed by atoms with Crippen LogP contribution < -0.4 is 0 Å². The minimum absolute atomic E-state index is 1.14. The van der Waals surface area contributed by atoms with Crippen molar-refractivity contribution in [2.75, 3.05) is 0 Å². The first-order chi connectivity index (χ1) is 24.8. The van der Waals surface area contributed by atoms with Crippen LogP contribution >= 0.6 is 0 Å². The fourth-order valence-corrected chi connectivity index (χ4v) is 7.84. The smallest absolute Gasteiger partial charge is 0.0562 e. The average Bonchev–Trinajstić information content (AvgIpc) is 3.70. The lowest BCUT2D eigenvalue weighted by molar-refractivity contribution is 1.16. The van der Waals surface area contributed by atoms with Crippen LogP contribution in [0, 0.1) is 0 Å². The van der Waals surface area contributed by atoms with Gasteiger partial charge in [0.05, 0.1) is 22.1 Å². The van der Waals surface area contributed by atoms with E-state index in [2.05, 4.69) is 203 Å². The molecule has 0 atom stereocenters. The van der Waals surface area contributed by atoms with E-state index in [0.717, 1.165) is 11.4 Å². The molecular formula is C48H32N2. The Hall–Kier alpha value is -6.64. The summed E-state index contributed by atoms with van der Waals surface area (Å²) in [6.45, 7) is 0. The zero-order valence-corrected chi connectivity index (χ0v) is 27.4. The highest BCUT2D eigenvalue weighted by molar-refractivity contribution is 6.19. The molecule has 2 aromatic heterocycles. The first-order valence-corrected chi connectivity index (χ1v) is 17.2. The maximum atomic E-state index is 2.44. The normalized spacial score (nSPS) is 11.6. The van der Waals surface area contributed by atoms with Crippen LogP contribution in [0.5, 0.6) is 0 Å². The van der Waals surface area contributed by atoms with Crippen molar-refractivity contribution in [1.82, 2.24) is 9.13 Å². The van der Waals surface area contributed by atoms with Crippen molar-refractivity contribution in [2.24, 2.45) is 0 Å². The maximum absolute atomic E-state index is 2.44. The first-order valence-electron chi connectivity index (χ1n) is 17.2. The van der Waals surface area contributed by atoms with Gasteiger partial charge in [-0.3, -0.25) is 0 Å². The van der Waals surface area contributed by atoms with Gasteiger partial charge in [-0.05, 0) is 81.9 Å². The Morgan fingerprint density at radius 3 is 1.36 bits per heavy atom. The monoisotopic (exact) mass is 636 g/mol. The lowest BCUT2D eigenvalue weighted by Crippen LogP contribution is -1.96. The molecule has 0 saturated heterocycles. The van der Waals surface area contributed by atoms with Gasteiger partial charge in [0.1, 0.15) is 0 Å². The number of nitrogens with zero attached hydrogens (tertiary/aromatic N) is 2.